The summed E-state index contributed by atoms with van der Waals surface area (Å²) >= 11 is 3.40. The molecule has 1 spiro atoms. The summed E-state index contributed by atoms with van der Waals surface area (Å²) in [6.07, 6.45) is 5.71. The average molecular weight is 302 g/mol. The summed E-state index contributed by atoms with van der Waals surface area (Å²) in [5, 5.41) is 4.26. The van der Waals surface area contributed by atoms with Gasteiger partial charge in [0.25, 0.3) is 0 Å². The number of piperidine rings is 1. The molecule has 0 atom stereocenters. The highest BCUT2D eigenvalue weighted by molar-refractivity contribution is 9.10. The van der Waals surface area contributed by atoms with Crippen LogP contribution < -0.4 is 0 Å². The first-order chi connectivity index (χ1) is 8.26. The zero-order chi connectivity index (χ0) is 11.7. The van der Waals surface area contributed by atoms with Gasteiger partial charge in [0.15, 0.2) is 5.79 Å². The Kier molecular flexibility index (Phi) is 3.21. The maximum Gasteiger partial charge on any atom is 0.170 e. The molecule has 94 valence electrons. The topological polar surface area (TPSA) is 39.5 Å². The molecule has 0 radical (unpaired) electrons. The van der Waals surface area contributed by atoms with Gasteiger partial charge in [0.1, 0.15) is 0 Å². The highest BCUT2D eigenvalue weighted by Gasteiger charge is 2.39. The predicted octanol–water partition coefficient (Wildman–Crippen LogP) is 1.44. The van der Waals surface area contributed by atoms with Crippen molar-refractivity contribution >= 4 is 15.9 Å². The van der Waals surface area contributed by atoms with E-state index in [1.54, 1.807) is 0 Å². The summed E-state index contributed by atoms with van der Waals surface area (Å²) in [6.45, 7) is 4.31. The average Bonchev–Trinajstić information content (AvgIpc) is 2.93. The van der Waals surface area contributed by atoms with Crippen LogP contribution in [0.2, 0.25) is 0 Å². The Morgan fingerprint density at radius 3 is 2.59 bits per heavy atom. The Balaban J connectivity index is 1.54. The van der Waals surface area contributed by atoms with E-state index in [0.29, 0.717) is 0 Å². The largest absolute Gasteiger partial charge is 0.347 e. The number of nitrogens with zero attached hydrogens (tertiary/aromatic N) is 3. The molecule has 0 unspecified atom stereocenters. The second-order valence-electron chi connectivity index (χ2n) is 4.57. The molecule has 2 aliphatic rings. The molecule has 0 N–H and O–H groups in total. The van der Waals surface area contributed by atoms with Crippen molar-refractivity contribution in [3.63, 3.8) is 0 Å². The summed E-state index contributed by atoms with van der Waals surface area (Å²) in [4.78, 5) is 2.37. The molecule has 6 heteroatoms. The van der Waals surface area contributed by atoms with Crippen molar-refractivity contribution in [2.75, 3.05) is 26.3 Å². The minimum Gasteiger partial charge on any atom is -0.347 e. The van der Waals surface area contributed by atoms with E-state index < -0.39 is 0 Å². The van der Waals surface area contributed by atoms with Crippen LogP contribution in [0.1, 0.15) is 12.8 Å². The number of ether oxygens (including phenoxy) is 2. The molecule has 3 rings (SSSR count). The second-order valence-corrected chi connectivity index (χ2v) is 5.48. The van der Waals surface area contributed by atoms with Crippen LogP contribution in [0.15, 0.2) is 16.9 Å². The quantitative estimate of drug-likeness (QED) is 0.829. The van der Waals surface area contributed by atoms with Gasteiger partial charge in [0, 0.05) is 32.1 Å². The second kappa shape index (κ2) is 4.68. The highest BCUT2D eigenvalue weighted by Crippen LogP contribution is 2.31. The molecule has 0 aliphatic carbocycles. The van der Waals surface area contributed by atoms with E-state index in [2.05, 4.69) is 25.9 Å². The van der Waals surface area contributed by atoms with Crippen LogP contribution in [-0.4, -0.2) is 46.8 Å². The Labute approximate surface area is 109 Å². The van der Waals surface area contributed by atoms with Gasteiger partial charge in [-0.2, -0.15) is 5.10 Å². The van der Waals surface area contributed by atoms with Crippen LogP contribution in [0.3, 0.4) is 0 Å². The highest BCUT2D eigenvalue weighted by atomic mass is 79.9. The van der Waals surface area contributed by atoms with E-state index in [0.717, 1.165) is 50.3 Å². The van der Waals surface area contributed by atoms with Crippen molar-refractivity contribution in [3.8, 4) is 0 Å². The van der Waals surface area contributed by atoms with Gasteiger partial charge in [-0.25, -0.2) is 0 Å². The minimum absolute atomic E-state index is 0.277. The molecular weight excluding hydrogens is 286 g/mol. The molecule has 5 nitrogen and oxygen atoms in total. The van der Waals surface area contributed by atoms with Gasteiger partial charge >= 0.3 is 0 Å². The van der Waals surface area contributed by atoms with Gasteiger partial charge < -0.3 is 9.47 Å². The molecule has 0 aromatic carbocycles. The van der Waals surface area contributed by atoms with E-state index in [4.69, 9.17) is 9.47 Å². The number of likely N-dealkylation sites (tertiary alicyclic amines) is 1. The lowest BCUT2D eigenvalue weighted by Crippen LogP contribution is -2.45. The van der Waals surface area contributed by atoms with Crippen LogP contribution in [0.25, 0.3) is 0 Å². The summed E-state index contributed by atoms with van der Waals surface area (Å²) in [6, 6.07) is 0. The molecule has 2 fully saturated rings. The molecule has 0 bridgehead atoms. The number of rotatable bonds is 2. The first kappa shape index (κ1) is 11.6. The third kappa shape index (κ3) is 2.54. The molecular formula is C11H16BrN3O2. The van der Waals surface area contributed by atoms with Gasteiger partial charge in [0.2, 0.25) is 0 Å². The Morgan fingerprint density at radius 1 is 1.29 bits per heavy atom. The Hall–Kier alpha value is -0.430. The number of halogens is 1. The van der Waals surface area contributed by atoms with Crippen molar-refractivity contribution in [1.82, 2.24) is 14.7 Å². The molecule has 1 aromatic rings. The van der Waals surface area contributed by atoms with E-state index in [9.17, 15) is 0 Å². The molecule has 2 saturated heterocycles. The predicted molar refractivity (Wildman–Crippen MR) is 65.4 cm³/mol. The van der Waals surface area contributed by atoms with E-state index in [1.165, 1.54) is 0 Å². The zero-order valence-corrected chi connectivity index (χ0v) is 11.2. The molecule has 3 heterocycles. The molecule has 17 heavy (non-hydrogen) atoms. The van der Waals surface area contributed by atoms with Crippen molar-refractivity contribution in [1.29, 1.82) is 0 Å². The maximum atomic E-state index is 5.71. The van der Waals surface area contributed by atoms with Crippen LogP contribution >= 0.6 is 15.9 Å². The summed E-state index contributed by atoms with van der Waals surface area (Å²) in [5.74, 6) is -0.277. The lowest BCUT2D eigenvalue weighted by Gasteiger charge is -2.37. The first-order valence-electron chi connectivity index (χ1n) is 5.94. The van der Waals surface area contributed by atoms with Crippen molar-refractivity contribution < 1.29 is 9.47 Å². The normalized spacial score (nSPS) is 24.5. The van der Waals surface area contributed by atoms with Gasteiger partial charge in [-0.15, -0.1) is 0 Å². The van der Waals surface area contributed by atoms with Crippen LogP contribution in [-0.2, 0) is 16.1 Å². The van der Waals surface area contributed by atoms with E-state index >= 15 is 0 Å². The van der Waals surface area contributed by atoms with Crippen LogP contribution in [0, 0.1) is 0 Å². The summed E-state index contributed by atoms with van der Waals surface area (Å²) < 4.78 is 14.4. The molecule has 2 aliphatic heterocycles. The van der Waals surface area contributed by atoms with Gasteiger partial charge in [0.05, 0.1) is 30.6 Å². The van der Waals surface area contributed by atoms with E-state index in [1.807, 2.05) is 17.1 Å². The van der Waals surface area contributed by atoms with Crippen LogP contribution in [0.4, 0.5) is 0 Å². The fourth-order valence-electron chi connectivity index (χ4n) is 2.44. The van der Waals surface area contributed by atoms with Gasteiger partial charge in [-0.1, -0.05) is 0 Å². The van der Waals surface area contributed by atoms with Crippen LogP contribution in [0.5, 0.6) is 0 Å². The third-order valence-corrected chi connectivity index (χ3v) is 3.79. The fourth-order valence-corrected chi connectivity index (χ4v) is 2.77. The SMILES string of the molecule is Brc1cnn(CN2CCC3(CC2)OCCO3)c1. The van der Waals surface area contributed by atoms with Gasteiger partial charge in [-0.3, -0.25) is 9.58 Å². The fraction of sp³-hybridized carbons (Fsp3) is 0.727. The smallest absolute Gasteiger partial charge is 0.170 e. The maximum absolute atomic E-state index is 5.71. The summed E-state index contributed by atoms with van der Waals surface area (Å²) in [7, 11) is 0. The lowest BCUT2D eigenvalue weighted by molar-refractivity contribution is -0.187. The van der Waals surface area contributed by atoms with Crippen molar-refractivity contribution in [2.24, 2.45) is 0 Å². The minimum atomic E-state index is -0.277. The standard InChI is InChI=1S/C11H16BrN3O2/c12-10-7-13-15(8-10)9-14-3-1-11(2-4-14)16-5-6-17-11/h7-8H,1-6,9H2. The number of hydrogen-bond donors (Lipinski definition) is 0. The first-order valence-corrected chi connectivity index (χ1v) is 6.73. The molecule has 0 saturated carbocycles. The van der Waals surface area contributed by atoms with Crippen molar-refractivity contribution in [2.45, 2.75) is 25.3 Å². The summed E-state index contributed by atoms with van der Waals surface area (Å²) in [5.41, 5.74) is 0. The number of hydrogen-bond acceptors (Lipinski definition) is 4. The monoisotopic (exact) mass is 301 g/mol. The van der Waals surface area contributed by atoms with E-state index in [-0.39, 0.29) is 5.79 Å². The lowest BCUT2D eigenvalue weighted by atomic mass is 10.0. The molecule has 0 amide bonds. The number of aromatic nitrogens is 2. The zero-order valence-electron chi connectivity index (χ0n) is 9.64. The Morgan fingerprint density at radius 2 is 2.00 bits per heavy atom. The molecule has 1 aromatic heterocycles. The van der Waals surface area contributed by atoms with Crippen molar-refractivity contribution in [3.05, 3.63) is 16.9 Å². The van der Waals surface area contributed by atoms with Gasteiger partial charge in [-0.05, 0) is 15.9 Å². The third-order valence-electron chi connectivity index (χ3n) is 3.38. The Bertz CT molecular complexity index is 380.